The van der Waals surface area contributed by atoms with E-state index < -0.39 is 0 Å². The molecule has 0 amide bonds. The molecule has 44 valence electrons. The average molecular weight is 186 g/mol. The summed E-state index contributed by atoms with van der Waals surface area (Å²) in [5.74, 6) is 0. The standard InChI is InChI=1S/C5H5.C2H5.Zr.H/c1-2-4-5-3-1;1-2;;/h1-3H,4H2;1H2,2H3;;/q;;;-1. The topological polar surface area (TPSA) is 0 Å². The van der Waals surface area contributed by atoms with Crippen molar-refractivity contribution < 1.29 is 24.7 Å². The third kappa shape index (κ3) is 1.70. The van der Waals surface area contributed by atoms with Crippen molar-refractivity contribution in [1.82, 2.24) is 0 Å². The first-order valence-corrected chi connectivity index (χ1v) is 5.99. The van der Waals surface area contributed by atoms with Gasteiger partial charge in [-0.15, -0.1) is 0 Å². The Hall–Kier alpha value is 0.363. The van der Waals surface area contributed by atoms with Crippen molar-refractivity contribution in [3.05, 3.63) is 21.5 Å². The van der Waals surface area contributed by atoms with Gasteiger partial charge in [0.1, 0.15) is 0 Å². The molecule has 0 unspecified atom stereocenters. The van der Waals surface area contributed by atoms with Crippen LogP contribution < -0.4 is 0 Å². The second-order valence-corrected chi connectivity index (χ2v) is 6.04. The van der Waals surface area contributed by atoms with Crippen molar-refractivity contribution in [3.63, 3.8) is 0 Å². The first-order chi connectivity index (χ1) is 3.93. The Balaban J connectivity index is 0.000000640. The van der Waals surface area contributed by atoms with Crippen LogP contribution >= 0.6 is 0 Å². The van der Waals surface area contributed by atoms with Crippen LogP contribution in [0.1, 0.15) is 14.8 Å². The van der Waals surface area contributed by atoms with E-state index in [9.17, 15) is 0 Å². The van der Waals surface area contributed by atoms with E-state index in [0.717, 1.165) is 0 Å². The van der Waals surface area contributed by atoms with Crippen LogP contribution in [0.25, 0.3) is 0 Å². The zero-order valence-electron chi connectivity index (χ0n) is 6.15. The molecule has 0 atom stereocenters. The van der Waals surface area contributed by atoms with Gasteiger partial charge >= 0.3 is 62.2 Å². The van der Waals surface area contributed by atoms with Gasteiger partial charge in [0.15, 0.2) is 0 Å². The van der Waals surface area contributed by atoms with Crippen LogP contribution in [0.2, 0.25) is 4.13 Å². The maximum absolute atomic E-state index is 2.30. The van der Waals surface area contributed by atoms with E-state index in [1.807, 2.05) is 0 Å². The molecule has 0 saturated heterocycles. The molecule has 8 heavy (non-hydrogen) atoms. The van der Waals surface area contributed by atoms with Gasteiger partial charge in [0, 0.05) is 0 Å². The molecular formula is C7H11Zr-. The molecular weight excluding hydrogens is 175 g/mol. The summed E-state index contributed by atoms with van der Waals surface area (Å²) in [7, 11) is 0. The van der Waals surface area contributed by atoms with Crippen molar-refractivity contribution in [3.8, 4) is 0 Å². The minimum Gasteiger partial charge on any atom is -1.00 e. The second-order valence-electron chi connectivity index (χ2n) is 1.85. The normalized spacial score (nSPS) is 16.4. The first kappa shape index (κ1) is 6.48. The van der Waals surface area contributed by atoms with E-state index in [1.54, 1.807) is 3.28 Å². The Morgan fingerprint density at radius 2 is 2.75 bits per heavy atom. The third-order valence-electron chi connectivity index (χ3n) is 1.18. The number of hydrogen-bond donors (Lipinski definition) is 0. The van der Waals surface area contributed by atoms with E-state index in [4.69, 9.17) is 0 Å². The molecule has 0 N–H and O–H groups in total. The van der Waals surface area contributed by atoms with Crippen LogP contribution in [0.5, 0.6) is 0 Å². The SMILES string of the molecule is C[CH2][Zr][C]1=CC=CC1.[H-]. The third-order valence-corrected chi connectivity index (χ3v) is 4.07. The van der Waals surface area contributed by atoms with Crippen LogP contribution in [-0.2, 0) is 23.2 Å². The van der Waals surface area contributed by atoms with Gasteiger partial charge in [-0.2, -0.15) is 0 Å². The van der Waals surface area contributed by atoms with Crippen molar-refractivity contribution in [2.75, 3.05) is 0 Å². The fourth-order valence-corrected chi connectivity index (χ4v) is 3.09. The van der Waals surface area contributed by atoms with Gasteiger partial charge in [0.25, 0.3) is 0 Å². The molecule has 1 heteroatoms. The van der Waals surface area contributed by atoms with Crippen LogP contribution in [0, 0.1) is 0 Å². The molecule has 0 spiro atoms. The molecule has 1 rings (SSSR count). The summed E-state index contributed by atoms with van der Waals surface area (Å²) in [5, 5.41) is 0. The van der Waals surface area contributed by atoms with E-state index in [1.165, 1.54) is 10.5 Å². The quantitative estimate of drug-likeness (QED) is 0.621. The predicted molar refractivity (Wildman–Crippen MR) is 33.4 cm³/mol. The van der Waals surface area contributed by atoms with Gasteiger partial charge in [-0.1, -0.05) is 0 Å². The molecule has 1 aliphatic carbocycles. The summed E-state index contributed by atoms with van der Waals surface area (Å²) in [6.45, 7) is 2.30. The molecule has 0 aromatic rings. The molecule has 0 aliphatic heterocycles. The van der Waals surface area contributed by atoms with Crippen molar-refractivity contribution in [1.29, 1.82) is 0 Å². The smallest absolute Gasteiger partial charge is 1.00 e. The zero-order valence-corrected chi connectivity index (χ0v) is 7.60. The Morgan fingerprint density at radius 3 is 3.25 bits per heavy atom. The maximum atomic E-state index is 2.30. The summed E-state index contributed by atoms with van der Waals surface area (Å²) in [6.07, 6.45) is 8.02. The van der Waals surface area contributed by atoms with Crippen molar-refractivity contribution in [2.24, 2.45) is 0 Å². The minimum atomic E-state index is -0.0469. The molecule has 0 aromatic carbocycles. The molecule has 0 fully saturated rings. The monoisotopic (exact) mass is 185 g/mol. The first-order valence-electron chi connectivity index (χ1n) is 3.03. The molecule has 0 heterocycles. The molecule has 0 saturated carbocycles. The summed E-state index contributed by atoms with van der Waals surface area (Å²) in [4.78, 5) is 0. The van der Waals surface area contributed by atoms with E-state index in [2.05, 4.69) is 25.2 Å². The number of hydrogen-bond acceptors (Lipinski definition) is 0. The Labute approximate surface area is 63.7 Å². The fourth-order valence-electron chi connectivity index (χ4n) is 0.805. The summed E-state index contributed by atoms with van der Waals surface area (Å²) < 4.78 is 3.22. The summed E-state index contributed by atoms with van der Waals surface area (Å²) >= 11 is -0.0469. The van der Waals surface area contributed by atoms with Crippen LogP contribution in [0.3, 0.4) is 0 Å². The number of allylic oxidation sites excluding steroid dienone is 4. The molecule has 0 radical (unpaired) electrons. The second kappa shape index (κ2) is 3.40. The minimum absolute atomic E-state index is 0. The van der Waals surface area contributed by atoms with Crippen molar-refractivity contribution >= 4 is 0 Å². The maximum Gasteiger partial charge on any atom is -1.00 e. The number of rotatable bonds is 2. The van der Waals surface area contributed by atoms with Crippen LogP contribution in [-0.4, -0.2) is 0 Å². The summed E-state index contributed by atoms with van der Waals surface area (Å²) in [6, 6.07) is 0. The van der Waals surface area contributed by atoms with Gasteiger partial charge in [-0.3, -0.25) is 0 Å². The van der Waals surface area contributed by atoms with E-state index in [0.29, 0.717) is 0 Å². The van der Waals surface area contributed by atoms with Gasteiger partial charge in [-0.05, 0) is 0 Å². The average Bonchev–Trinajstić information content (AvgIpc) is 2.19. The van der Waals surface area contributed by atoms with Gasteiger partial charge in [-0.25, -0.2) is 0 Å². The van der Waals surface area contributed by atoms with E-state index in [-0.39, 0.29) is 24.7 Å². The van der Waals surface area contributed by atoms with Gasteiger partial charge in [0.05, 0.1) is 0 Å². The molecule has 0 bridgehead atoms. The van der Waals surface area contributed by atoms with Gasteiger partial charge < -0.3 is 1.43 Å². The van der Waals surface area contributed by atoms with Crippen LogP contribution in [0.15, 0.2) is 21.5 Å². The Morgan fingerprint density at radius 1 is 1.88 bits per heavy atom. The van der Waals surface area contributed by atoms with E-state index >= 15 is 0 Å². The molecule has 1 aliphatic rings. The zero-order chi connectivity index (χ0) is 5.82. The molecule has 0 aromatic heterocycles. The largest absolute Gasteiger partial charge is 1.00 e. The van der Waals surface area contributed by atoms with Crippen molar-refractivity contribution in [2.45, 2.75) is 17.5 Å². The Bertz CT molecular complexity index is 127. The predicted octanol–water partition coefficient (Wildman–Crippen LogP) is 2.46. The Kier molecular flexibility index (Phi) is 2.76. The summed E-state index contributed by atoms with van der Waals surface area (Å²) in [5.41, 5.74) is 0. The fraction of sp³-hybridized carbons (Fsp3) is 0.429. The van der Waals surface area contributed by atoms with Crippen LogP contribution in [0.4, 0.5) is 0 Å². The van der Waals surface area contributed by atoms with Gasteiger partial charge in [0.2, 0.25) is 0 Å². The molecule has 0 nitrogen and oxygen atoms in total.